The number of rotatable bonds is 4. The zero-order valence-corrected chi connectivity index (χ0v) is 13.7. The number of carboxylic acids is 1. The van der Waals surface area contributed by atoms with E-state index in [4.69, 9.17) is 0 Å². The van der Waals surface area contributed by atoms with Crippen LogP contribution in [0.25, 0.3) is 0 Å². The summed E-state index contributed by atoms with van der Waals surface area (Å²) in [5, 5.41) is 9.83. The van der Waals surface area contributed by atoms with Gasteiger partial charge in [-0.2, -0.15) is 0 Å². The first kappa shape index (κ1) is 16.1. The highest BCUT2D eigenvalue weighted by atomic mass is 16.4. The van der Waals surface area contributed by atoms with Crippen LogP contribution in [-0.4, -0.2) is 11.1 Å². The van der Waals surface area contributed by atoms with E-state index in [1.165, 1.54) is 18.4 Å². The van der Waals surface area contributed by atoms with Gasteiger partial charge in [0.25, 0.3) is 0 Å². The molecule has 0 amide bonds. The van der Waals surface area contributed by atoms with Crippen molar-refractivity contribution in [1.82, 2.24) is 0 Å². The SMILES string of the molecule is Cc1ccc([C@@H](C(=O)O)[C@@H]2CC(C)CCC2C(C)C)cc1. The number of hydrogen-bond acceptors (Lipinski definition) is 1. The molecule has 0 bridgehead atoms. The van der Waals surface area contributed by atoms with Gasteiger partial charge in [0.15, 0.2) is 0 Å². The molecule has 1 N–H and O–H groups in total. The van der Waals surface area contributed by atoms with Gasteiger partial charge in [-0.05, 0) is 49.0 Å². The summed E-state index contributed by atoms with van der Waals surface area (Å²) in [7, 11) is 0. The van der Waals surface area contributed by atoms with Crippen molar-refractivity contribution in [3.8, 4) is 0 Å². The van der Waals surface area contributed by atoms with Crippen LogP contribution in [0, 0.1) is 30.6 Å². The molecule has 1 fully saturated rings. The zero-order valence-electron chi connectivity index (χ0n) is 13.7. The normalized spacial score (nSPS) is 27.6. The molecule has 0 spiro atoms. The van der Waals surface area contributed by atoms with Crippen LogP contribution in [0.15, 0.2) is 24.3 Å². The van der Waals surface area contributed by atoms with Gasteiger partial charge in [0, 0.05) is 0 Å². The predicted molar refractivity (Wildman–Crippen MR) is 86.4 cm³/mol. The highest BCUT2D eigenvalue weighted by Gasteiger charge is 2.39. The van der Waals surface area contributed by atoms with Crippen molar-refractivity contribution in [2.75, 3.05) is 0 Å². The Bertz CT molecular complexity index is 475. The Balaban J connectivity index is 2.34. The van der Waals surface area contributed by atoms with Crippen molar-refractivity contribution >= 4 is 5.97 Å². The van der Waals surface area contributed by atoms with Crippen LogP contribution < -0.4 is 0 Å². The Morgan fingerprint density at radius 3 is 2.29 bits per heavy atom. The van der Waals surface area contributed by atoms with Gasteiger partial charge in [-0.3, -0.25) is 4.79 Å². The first-order valence-electron chi connectivity index (χ1n) is 8.19. The van der Waals surface area contributed by atoms with Gasteiger partial charge in [-0.15, -0.1) is 0 Å². The molecule has 1 aromatic rings. The van der Waals surface area contributed by atoms with Gasteiger partial charge in [-0.25, -0.2) is 0 Å². The van der Waals surface area contributed by atoms with Crippen LogP contribution in [0.1, 0.15) is 57.1 Å². The molecule has 1 aliphatic carbocycles. The maximum atomic E-state index is 12.0. The Kier molecular flexibility index (Phi) is 5.08. The van der Waals surface area contributed by atoms with Crippen LogP contribution in [-0.2, 0) is 4.79 Å². The third-order valence-electron chi connectivity index (χ3n) is 5.20. The molecule has 21 heavy (non-hydrogen) atoms. The molecule has 0 aliphatic heterocycles. The van der Waals surface area contributed by atoms with Crippen molar-refractivity contribution in [2.24, 2.45) is 23.7 Å². The second-order valence-corrected chi connectivity index (χ2v) is 7.22. The van der Waals surface area contributed by atoms with Crippen molar-refractivity contribution in [2.45, 2.75) is 52.9 Å². The number of carboxylic acid groups (broad SMARTS) is 1. The summed E-state index contributed by atoms with van der Waals surface area (Å²) in [6.07, 6.45) is 3.44. The molecule has 1 aromatic carbocycles. The summed E-state index contributed by atoms with van der Waals surface area (Å²) < 4.78 is 0. The van der Waals surface area contributed by atoms with Gasteiger partial charge in [0.05, 0.1) is 5.92 Å². The fourth-order valence-electron chi connectivity index (χ4n) is 4.01. The van der Waals surface area contributed by atoms with E-state index in [0.717, 1.165) is 12.0 Å². The van der Waals surface area contributed by atoms with Crippen molar-refractivity contribution in [3.05, 3.63) is 35.4 Å². The minimum atomic E-state index is -0.663. The summed E-state index contributed by atoms with van der Waals surface area (Å²) in [5.41, 5.74) is 2.15. The summed E-state index contributed by atoms with van der Waals surface area (Å²) in [6, 6.07) is 8.07. The molecule has 0 saturated heterocycles. The minimum absolute atomic E-state index is 0.258. The molecule has 1 aliphatic rings. The lowest BCUT2D eigenvalue weighted by Crippen LogP contribution is -2.35. The molecular weight excluding hydrogens is 260 g/mol. The Hall–Kier alpha value is -1.31. The number of carbonyl (C=O) groups is 1. The molecular formula is C19H28O2. The Morgan fingerprint density at radius 1 is 1.14 bits per heavy atom. The highest BCUT2D eigenvalue weighted by molar-refractivity contribution is 5.76. The topological polar surface area (TPSA) is 37.3 Å². The van der Waals surface area contributed by atoms with Crippen molar-refractivity contribution in [3.63, 3.8) is 0 Å². The lowest BCUT2D eigenvalue weighted by molar-refractivity contribution is -0.141. The van der Waals surface area contributed by atoms with Crippen LogP contribution in [0.3, 0.4) is 0 Å². The third kappa shape index (κ3) is 3.66. The van der Waals surface area contributed by atoms with Crippen LogP contribution in [0.5, 0.6) is 0 Å². The Labute approximate surface area is 128 Å². The summed E-state index contributed by atoms with van der Waals surface area (Å²) >= 11 is 0. The van der Waals surface area contributed by atoms with E-state index >= 15 is 0 Å². The average Bonchev–Trinajstić information content (AvgIpc) is 2.40. The lowest BCUT2D eigenvalue weighted by atomic mass is 9.64. The third-order valence-corrected chi connectivity index (χ3v) is 5.20. The molecule has 2 nitrogen and oxygen atoms in total. The van der Waals surface area contributed by atoms with Gasteiger partial charge >= 0.3 is 5.97 Å². The number of hydrogen-bond donors (Lipinski definition) is 1. The smallest absolute Gasteiger partial charge is 0.311 e. The van der Waals surface area contributed by atoms with Gasteiger partial charge in [0.2, 0.25) is 0 Å². The molecule has 0 aromatic heterocycles. The largest absolute Gasteiger partial charge is 0.481 e. The van der Waals surface area contributed by atoms with E-state index in [1.54, 1.807) is 0 Å². The molecule has 0 radical (unpaired) electrons. The van der Waals surface area contributed by atoms with E-state index in [-0.39, 0.29) is 11.8 Å². The molecule has 2 rings (SSSR count). The summed E-state index contributed by atoms with van der Waals surface area (Å²) in [6.45, 7) is 8.78. The van der Waals surface area contributed by atoms with Gasteiger partial charge in [-0.1, -0.05) is 57.0 Å². The number of benzene rings is 1. The fourth-order valence-corrected chi connectivity index (χ4v) is 4.01. The number of aryl methyl sites for hydroxylation is 1. The van der Waals surface area contributed by atoms with Gasteiger partial charge < -0.3 is 5.11 Å². The van der Waals surface area contributed by atoms with Gasteiger partial charge in [0.1, 0.15) is 0 Å². The highest BCUT2D eigenvalue weighted by Crippen LogP contribution is 2.45. The molecule has 2 unspecified atom stereocenters. The summed E-state index contributed by atoms with van der Waals surface area (Å²) in [5.74, 6) is 0.939. The first-order chi connectivity index (χ1) is 9.90. The lowest BCUT2D eigenvalue weighted by Gasteiger charge is -2.40. The number of aliphatic carboxylic acids is 1. The van der Waals surface area contributed by atoms with E-state index in [1.807, 2.05) is 31.2 Å². The molecule has 4 atom stereocenters. The monoisotopic (exact) mass is 288 g/mol. The Morgan fingerprint density at radius 2 is 1.76 bits per heavy atom. The molecule has 1 saturated carbocycles. The molecule has 0 heterocycles. The second-order valence-electron chi connectivity index (χ2n) is 7.22. The quantitative estimate of drug-likeness (QED) is 0.858. The fraction of sp³-hybridized carbons (Fsp3) is 0.632. The molecule has 116 valence electrons. The summed E-state index contributed by atoms with van der Waals surface area (Å²) in [4.78, 5) is 12.0. The predicted octanol–water partition coefficient (Wildman–Crippen LogP) is 4.87. The van der Waals surface area contributed by atoms with E-state index in [0.29, 0.717) is 17.8 Å². The van der Waals surface area contributed by atoms with Crippen LogP contribution in [0.2, 0.25) is 0 Å². The standard InChI is InChI=1S/C19H28O2/c1-12(2)16-10-7-14(4)11-17(16)18(19(20)21)15-8-5-13(3)6-9-15/h5-6,8-9,12,14,16-18H,7,10-11H2,1-4H3,(H,20,21)/t14?,16?,17-,18-/m1/s1. The maximum absolute atomic E-state index is 12.0. The first-order valence-corrected chi connectivity index (χ1v) is 8.19. The van der Waals surface area contributed by atoms with E-state index in [2.05, 4.69) is 20.8 Å². The second kappa shape index (κ2) is 6.64. The van der Waals surface area contributed by atoms with Crippen LogP contribution in [0.4, 0.5) is 0 Å². The van der Waals surface area contributed by atoms with Crippen LogP contribution >= 0.6 is 0 Å². The van der Waals surface area contributed by atoms with E-state index < -0.39 is 5.97 Å². The maximum Gasteiger partial charge on any atom is 0.311 e. The zero-order chi connectivity index (χ0) is 15.6. The molecule has 2 heteroatoms. The minimum Gasteiger partial charge on any atom is -0.481 e. The van der Waals surface area contributed by atoms with Crippen molar-refractivity contribution < 1.29 is 9.90 Å². The average molecular weight is 288 g/mol. The van der Waals surface area contributed by atoms with Crippen molar-refractivity contribution in [1.29, 1.82) is 0 Å². The van der Waals surface area contributed by atoms with E-state index in [9.17, 15) is 9.90 Å².